The van der Waals surface area contributed by atoms with E-state index in [0.717, 1.165) is 6.42 Å². The lowest BCUT2D eigenvalue weighted by Crippen LogP contribution is -2.47. The zero-order chi connectivity index (χ0) is 10.7. The molecule has 0 aromatic rings. The maximum Gasteiger partial charge on any atom is 0.228 e. The Morgan fingerprint density at radius 1 is 1.47 bits per heavy atom. The SMILES string of the molecule is N#CC1CN(C(=O)C2CCOC2)CCO1. The Hall–Kier alpha value is -1.12. The lowest BCUT2D eigenvalue weighted by Gasteiger charge is -2.31. The Labute approximate surface area is 88.6 Å². The van der Waals surface area contributed by atoms with E-state index < -0.39 is 6.10 Å². The van der Waals surface area contributed by atoms with Gasteiger partial charge in [-0.05, 0) is 6.42 Å². The molecule has 2 unspecified atom stereocenters. The molecule has 0 radical (unpaired) electrons. The smallest absolute Gasteiger partial charge is 0.228 e. The molecular weight excluding hydrogens is 196 g/mol. The molecule has 2 heterocycles. The topological polar surface area (TPSA) is 62.6 Å². The number of ether oxygens (including phenoxy) is 2. The molecule has 15 heavy (non-hydrogen) atoms. The summed E-state index contributed by atoms with van der Waals surface area (Å²) in [6.07, 6.45) is 0.331. The summed E-state index contributed by atoms with van der Waals surface area (Å²) < 4.78 is 10.4. The summed E-state index contributed by atoms with van der Waals surface area (Å²) in [6.45, 7) is 2.63. The molecule has 2 saturated heterocycles. The van der Waals surface area contributed by atoms with E-state index in [0.29, 0.717) is 32.9 Å². The summed E-state index contributed by atoms with van der Waals surface area (Å²) in [5.74, 6) is 0.0958. The van der Waals surface area contributed by atoms with Crippen molar-refractivity contribution in [2.24, 2.45) is 5.92 Å². The minimum Gasteiger partial charge on any atom is -0.381 e. The molecule has 1 amide bonds. The van der Waals surface area contributed by atoms with E-state index in [9.17, 15) is 4.79 Å². The van der Waals surface area contributed by atoms with Crippen LogP contribution >= 0.6 is 0 Å². The molecule has 0 aliphatic carbocycles. The summed E-state index contributed by atoms with van der Waals surface area (Å²) in [6, 6.07) is 2.03. The standard InChI is InChI=1S/C10H14N2O3/c11-5-9-6-12(2-4-15-9)10(13)8-1-3-14-7-8/h8-9H,1-4,6-7H2. The third-order valence-corrected chi connectivity index (χ3v) is 2.80. The van der Waals surface area contributed by atoms with E-state index in [1.165, 1.54) is 0 Å². The second-order valence-electron chi connectivity index (χ2n) is 3.83. The number of nitrogens with zero attached hydrogens (tertiary/aromatic N) is 2. The van der Waals surface area contributed by atoms with E-state index in [1.807, 2.05) is 6.07 Å². The van der Waals surface area contributed by atoms with Crippen LogP contribution < -0.4 is 0 Å². The van der Waals surface area contributed by atoms with Crippen molar-refractivity contribution in [1.29, 1.82) is 5.26 Å². The Morgan fingerprint density at radius 2 is 2.33 bits per heavy atom. The molecular formula is C10H14N2O3. The fraction of sp³-hybridized carbons (Fsp3) is 0.800. The van der Waals surface area contributed by atoms with Crippen molar-refractivity contribution in [3.05, 3.63) is 0 Å². The molecule has 2 aliphatic rings. The van der Waals surface area contributed by atoms with Gasteiger partial charge in [0.2, 0.25) is 5.91 Å². The van der Waals surface area contributed by atoms with E-state index in [-0.39, 0.29) is 11.8 Å². The Morgan fingerprint density at radius 3 is 3.00 bits per heavy atom. The highest BCUT2D eigenvalue weighted by molar-refractivity contribution is 5.79. The quantitative estimate of drug-likeness (QED) is 0.600. The third-order valence-electron chi connectivity index (χ3n) is 2.80. The first-order chi connectivity index (χ1) is 7.31. The first-order valence-corrected chi connectivity index (χ1v) is 5.19. The molecule has 5 heteroatoms. The fourth-order valence-electron chi connectivity index (χ4n) is 1.92. The van der Waals surface area contributed by atoms with Crippen molar-refractivity contribution in [3.63, 3.8) is 0 Å². The van der Waals surface area contributed by atoms with Gasteiger partial charge in [-0.25, -0.2) is 0 Å². The number of carbonyl (C=O) groups is 1. The second kappa shape index (κ2) is 4.60. The van der Waals surface area contributed by atoms with Crippen LogP contribution in [0.25, 0.3) is 0 Å². The molecule has 0 aromatic heterocycles. The highest BCUT2D eigenvalue weighted by atomic mass is 16.5. The number of hydrogen-bond donors (Lipinski definition) is 0. The van der Waals surface area contributed by atoms with Crippen LogP contribution in [-0.2, 0) is 14.3 Å². The van der Waals surface area contributed by atoms with Crippen molar-refractivity contribution in [3.8, 4) is 6.07 Å². The van der Waals surface area contributed by atoms with E-state index in [4.69, 9.17) is 14.7 Å². The average Bonchev–Trinajstić information content (AvgIpc) is 2.81. The fourth-order valence-corrected chi connectivity index (χ4v) is 1.92. The summed E-state index contributed by atoms with van der Waals surface area (Å²) in [5.41, 5.74) is 0. The van der Waals surface area contributed by atoms with Crippen molar-refractivity contribution in [2.45, 2.75) is 12.5 Å². The zero-order valence-electron chi connectivity index (χ0n) is 8.52. The van der Waals surface area contributed by atoms with Gasteiger partial charge in [0.1, 0.15) is 0 Å². The lowest BCUT2D eigenvalue weighted by molar-refractivity contribution is -0.141. The summed E-state index contributed by atoms with van der Waals surface area (Å²) >= 11 is 0. The number of carbonyl (C=O) groups excluding carboxylic acids is 1. The van der Waals surface area contributed by atoms with Gasteiger partial charge in [-0.1, -0.05) is 0 Å². The van der Waals surface area contributed by atoms with Gasteiger partial charge in [0.15, 0.2) is 6.10 Å². The minimum atomic E-state index is -0.468. The number of nitriles is 1. The van der Waals surface area contributed by atoms with Gasteiger partial charge in [-0.3, -0.25) is 4.79 Å². The molecule has 0 N–H and O–H groups in total. The predicted molar refractivity (Wildman–Crippen MR) is 50.9 cm³/mol. The Kier molecular flexibility index (Phi) is 3.19. The van der Waals surface area contributed by atoms with Crippen molar-refractivity contribution in [2.75, 3.05) is 32.9 Å². The van der Waals surface area contributed by atoms with Gasteiger partial charge in [0.25, 0.3) is 0 Å². The van der Waals surface area contributed by atoms with Gasteiger partial charge in [-0.2, -0.15) is 5.26 Å². The highest BCUT2D eigenvalue weighted by Crippen LogP contribution is 2.17. The third kappa shape index (κ3) is 2.28. The van der Waals surface area contributed by atoms with Crippen molar-refractivity contribution in [1.82, 2.24) is 4.90 Å². The van der Waals surface area contributed by atoms with Crippen LogP contribution in [0, 0.1) is 17.2 Å². The molecule has 0 spiro atoms. The van der Waals surface area contributed by atoms with E-state index in [2.05, 4.69) is 0 Å². The normalized spacial score (nSPS) is 31.3. The van der Waals surface area contributed by atoms with Gasteiger partial charge in [0.05, 0.1) is 31.7 Å². The number of rotatable bonds is 1. The van der Waals surface area contributed by atoms with Crippen LogP contribution in [0.3, 0.4) is 0 Å². The molecule has 82 valence electrons. The van der Waals surface area contributed by atoms with Crippen molar-refractivity contribution >= 4 is 5.91 Å². The van der Waals surface area contributed by atoms with Crippen LogP contribution in [0.4, 0.5) is 0 Å². The first kappa shape index (κ1) is 10.4. The van der Waals surface area contributed by atoms with E-state index in [1.54, 1.807) is 4.90 Å². The van der Waals surface area contributed by atoms with Crippen LogP contribution in [0.15, 0.2) is 0 Å². The predicted octanol–water partition coefficient (Wildman–Crippen LogP) is -0.226. The summed E-state index contributed by atoms with van der Waals surface area (Å²) in [4.78, 5) is 13.7. The van der Waals surface area contributed by atoms with Gasteiger partial charge < -0.3 is 14.4 Å². The monoisotopic (exact) mass is 210 g/mol. The molecule has 2 atom stereocenters. The zero-order valence-corrected chi connectivity index (χ0v) is 8.52. The number of hydrogen-bond acceptors (Lipinski definition) is 4. The molecule has 0 saturated carbocycles. The maximum atomic E-state index is 11.9. The summed E-state index contributed by atoms with van der Waals surface area (Å²) in [5, 5.41) is 8.72. The van der Waals surface area contributed by atoms with Gasteiger partial charge >= 0.3 is 0 Å². The number of amides is 1. The Bertz CT molecular complexity index is 281. The lowest BCUT2D eigenvalue weighted by atomic mass is 10.1. The van der Waals surface area contributed by atoms with Gasteiger partial charge in [0, 0.05) is 13.2 Å². The van der Waals surface area contributed by atoms with Crippen LogP contribution in [0.5, 0.6) is 0 Å². The maximum absolute atomic E-state index is 11.9. The van der Waals surface area contributed by atoms with Crippen LogP contribution in [0.1, 0.15) is 6.42 Å². The minimum absolute atomic E-state index is 0.0116. The van der Waals surface area contributed by atoms with Crippen LogP contribution in [-0.4, -0.2) is 49.8 Å². The molecule has 2 rings (SSSR count). The average molecular weight is 210 g/mol. The van der Waals surface area contributed by atoms with E-state index >= 15 is 0 Å². The molecule has 2 fully saturated rings. The molecule has 5 nitrogen and oxygen atoms in total. The van der Waals surface area contributed by atoms with Crippen LogP contribution in [0.2, 0.25) is 0 Å². The number of morpholine rings is 1. The Balaban J connectivity index is 1.92. The second-order valence-corrected chi connectivity index (χ2v) is 3.83. The first-order valence-electron chi connectivity index (χ1n) is 5.19. The van der Waals surface area contributed by atoms with Crippen molar-refractivity contribution < 1.29 is 14.3 Å². The van der Waals surface area contributed by atoms with Gasteiger partial charge in [-0.15, -0.1) is 0 Å². The summed E-state index contributed by atoms with van der Waals surface area (Å²) in [7, 11) is 0. The highest BCUT2D eigenvalue weighted by Gasteiger charge is 2.31. The largest absolute Gasteiger partial charge is 0.381 e. The molecule has 0 bridgehead atoms. The molecule has 2 aliphatic heterocycles. The molecule has 0 aromatic carbocycles.